The Bertz CT molecular complexity index is 1790. The maximum absolute atomic E-state index is 12.0. The third kappa shape index (κ3) is 6.75. The standard InChI is InChI=1S/C17H15N3O.C16H13N3O/c1-2-18-17(21)16-19-14-11-7-6-10-13(14)15(20-16)12-8-4-3-5-9-12;20-16(18-10-12-6-2-1-3-7-12)15-17-11-13-8-4-5-9-14(13)19-15/h3-11H,2H2,1H3,(H,18,21);1-9,11H,10H2,(H,18,20). The second kappa shape index (κ2) is 13.0. The molecule has 2 N–H and O–H groups in total. The smallest absolute Gasteiger partial charge is 0.289 e. The molecule has 202 valence electrons. The van der Waals surface area contributed by atoms with Gasteiger partial charge in [-0.25, -0.2) is 19.9 Å². The zero-order valence-corrected chi connectivity index (χ0v) is 22.5. The molecule has 0 aliphatic heterocycles. The zero-order chi connectivity index (χ0) is 28.4. The average molecular weight is 541 g/mol. The minimum atomic E-state index is -0.264. The van der Waals surface area contributed by atoms with Gasteiger partial charge in [0.05, 0.1) is 16.7 Å². The van der Waals surface area contributed by atoms with Gasteiger partial charge in [-0.3, -0.25) is 9.59 Å². The van der Waals surface area contributed by atoms with Gasteiger partial charge < -0.3 is 10.6 Å². The lowest BCUT2D eigenvalue weighted by molar-refractivity contribution is 0.0935. The minimum absolute atomic E-state index is 0.194. The Balaban J connectivity index is 0.000000165. The largest absolute Gasteiger partial charge is 0.350 e. The molecular weight excluding hydrogens is 512 g/mol. The topological polar surface area (TPSA) is 110 Å². The second-order valence-corrected chi connectivity index (χ2v) is 9.06. The molecule has 0 spiro atoms. The fourth-order valence-electron chi connectivity index (χ4n) is 4.17. The van der Waals surface area contributed by atoms with Crippen LogP contribution in [0.2, 0.25) is 0 Å². The van der Waals surface area contributed by atoms with Crippen LogP contribution in [0.4, 0.5) is 0 Å². The van der Waals surface area contributed by atoms with E-state index in [1.165, 1.54) is 0 Å². The Morgan fingerprint density at radius 3 is 2.00 bits per heavy atom. The van der Waals surface area contributed by atoms with Crippen LogP contribution in [0.15, 0.2) is 115 Å². The number of hydrogen-bond donors (Lipinski definition) is 2. The van der Waals surface area contributed by atoms with E-state index < -0.39 is 0 Å². The van der Waals surface area contributed by atoms with Gasteiger partial charge in [-0.05, 0) is 24.6 Å². The molecule has 0 fully saturated rings. The molecule has 8 heteroatoms. The molecule has 0 aliphatic carbocycles. The molecule has 0 atom stereocenters. The van der Waals surface area contributed by atoms with Crippen LogP contribution in [-0.2, 0) is 6.54 Å². The van der Waals surface area contributed by atoms with E-state index in [-0.39, 0.29) is 23.5 Å². The number of nitrogens with one attached hydrogen (secondary N) is 2. The summed E-state index contributed by atoms with van der Waals surface area (Å²) in [5, 5.41) is 7.42. The van der Waals surface area contributed by atoms with Crippen molar-refractivity contribution in [2.24, 2.45) is 0 Å². The molecule has 2 amide bonds. The average Bonchev–Trinajstić information content (AvgIpc) is 3.04. The van der Waals surface area contributed by atoms with Crippen LogP contribution < -0.4 is 10.6 Å². The summed E-state index contributed by atoms with van der Waals surface area (Å²) in [5.74, 6) is -0.117. The number of hydrogen-bond acceptors (Lipinski definition) is 6. The van der Waals surface area contributed by atoms with E-state index in [1.807, 2.05) is 116 Å². The van der Waals surface area contributed by atoms with Gasteiger partial charge in [0.25, 0.3) is 11.8 Å². The molecular formula is C33H28N6O2. The van der Waals surface area contributed by atoms with Crippen molar-refractivity contribution in [1.82, 2.24) is 30.6 Å². The maximum atomic E-state index is 12.0. The van der Waals surface area contributed by atoms with Gasteiger partial charge >= 0.3 is 0 Å². The first-order valence-corrected chi connectivity index (χ1v) is 13.3. The third-order valence-electron chi connectivity index (χ3n) is 6.18. The number of fused-ring (bicyclic) bond motifs is 2. The molecule has 0 aliphatic rings. The van der Waals surface area contributed by atoms with Gasteiger partial charge in [-0.15, -0.1) is 0 Å². The SMILES string of the molecule is CCNC(=O)c1nc(-c2ccccc2)c2ccccc2n1.O=C(NCc1ccccc1)c1ncc2ccccc2n1. The van der Waals surface area contributed by atoms with Crippen molar-refractivity contribution in [1.29, 1.82) is 0 Å². The zero-order valence-electron chi connectivity index (χ0n) is 22.5. The molecule has 0 saturated heterocycles. The van der Waals surface area contributed by atoms with Crippen LogP contribution in [0.25, 0.3) is 33.1 Å². The summed E-state index contributed by atoms with van der Waals surface area (Å²) in [6, 6.07) is 34.9. The number of carbonyl (C=O) groups is 2. The summed E-state index contributed by atoms with van der Waals surface area (Å²) in [7, 11) is 0. The Labute approximate surface area is 237 Å². The fraction of sp³-hybridized carbons (Fsp3) is 0.0909. The summed E-state index contributed by atoms with van der Waals surface area (Å²) < 4.78 is 0. The molecule has 4 aromatic carbocycles. The molecule has 0 radical (unpaired) electrons. The number of aromatic nitrogens is 4. The van der Waals surface area contributed by atoms with Crippen molar-refractivity contribution >= 4 is 33.6 Å². The van der Waals surface area contributed by atoms with Crippen molar-refractivity contribution in [3.8, 4) is 11.3 Å². The molecule has 6 rings (SSSR count). The molecule has 0 unspecified atom stereocenters. The van der Waals surface area contributed by atoms with E-state index in [1.54, 1.807) is 6.20 Å². The number of para-hydroxylation sites is 2. The van der Waals surface area contributed by atoms with Crippen LogP contribution in [0.5, 0.6) is 0 Å². The lowest BCUT2D eigenvalue weighted by Crippen LogP contribution is -2.25. The van der Waals surface area contributed by atoms with E-state index in [9.17, 15) is 9.59 Å². The molecule has 6 aromatic rings. The Hall–Kier alpha value is -5.50. The summed E-state index contributed by atoms with van der Waals surface area (Å²) in [6.45, 7) is 2.89. The highest BCUT2D eigenvalue weighted by Gasteiger charge is 2.14. The van der Waals surface area contributed by atoms with E-state index in [2.05, 4.69) is 30.6 Å². The molecule has 0 bridgehead atoms. The summed E-state index contributed by atoms with van der Waals surface area (Å²) >= 11 is 0. The highest BCUT2D eigenvalue weighted by Crippen LogP contribution is 2.25. The van der Waals surface area contributed by atoms with Crippen LogP contribution in [0.1, 0.15) is 33.7 Å². The van der Waals surface area contributed by atoms with Gasteiger partial charge in [-0.2, -0.15) is 0 Å². The van der Waals surface area contributed by atoms with Crippen molar-refractivity contribution in [2.45, 2.75) is 13.5 Å². The van der Waals surface area contributed by atoms with E-state index in [4.69, 9.17) is 0 Å². The Morgan fingerprint density at radius 2 is 1.24 bits per heavy atom. The predicted octanol–water partition coefficient (Wildman–Crippen LogP) is 5.61. The summed E-state index contributed by atoms with van der Waals surface area (Å²) in [4.78, 5) is 41.2. The third-order valence-corrected chi connectivity index (χ3v) is 6.18. The molecule has 8 nitrogen and oxygen atoms in total. The first kappa shape index (κ1) is 27.1. The number of nitrogens with zero attached hydrogens (tertiary/aromatic N) is 4. The van der Waals surface area contributed by atoms with Crippen molar-refractivity contribution in [2.75, 3.05) is 6.54 Å². The highest BCUT2D eigenvalue weighted by molar-refractivity contribution is 5.98. The Kier molecular flexibility index (Phi) is 8.61. The predicted molar refractivity (Wildman–Crippen MR) is 160 cm³/mol. The Morgan fingerprint density at radius 1 is 0.634 bits per heavy atom. The van der Waals surface area contributed by atoms with Crippen molar-refractivity contribution < 1.29 is 9.59 Å². The number of carbonyl (C=O) groups excluding carboxylic acids is 2. The van der Waals surface area contributed by atoms with Crippen LogP contribution in [0, 0.1) is 0 Å². The van der Waals surface area contributed by atoms with Gasteiger partial charge in [-0.1, -0.05) is 97.1 Å². The summed E-state index contributed by atoms with van der Waals surface area (Å²) in [6.07, 6.45) is 1.67. The highest BCUT2D eigenvalue weighted by atomic mass is 16.2. The number of amides is 2. The van der Waals surface area contributed by atoms with Crippen LogP contribution in [0.3, 0.4) is 0 Å². The van der Waals surface area contributed by atoms with Crippen molar-refractivity contribution in [3.63, 3.8) is 0 Å². The van der Waals surface area contributed by atoms with Gasteiger partial charge in [0, 0.05) is 35.6 Å². The van der Waals surface area contributed by atoms with Crippen LogP contribution in [-0.4, -0.2) is 38.3 Å². The van der Waals surface area contributed by atoms with Crippen molar-refractivity contribution in [3.05, 3.63) is 133 Å². The lowest BCUT2D eigenvalue weighted by Gasteiger charge is -2.08. The van der Waals surface area contributed by atoms with Gasteiger partial charge in [0.15, 0.2) is 0 Å². The van der Waals surface area contributed by atoms with E-state index in [0.717, 1.165) is 38.6 Å². The lowest BCUT2D eigenvalue weighted by atomic mass is 10.1. The number of benzene rings is 4. The quantitative estimate of drug-likeness (QED) is 0.284. The minimum Gasteiger partial charge on any atom is -0.350 e. The van der Waals surface area contributed by atoms with Gasteiger partial charge in [0.1, 0.15) is 0 Å². The maximum Gasteiger partial charge on any atom is 0.289 e. The molecule has 2 aromatic heterocycles. The molecule has 2 heterocycles. The first-order valence-electron chi connectivity index (χ1n) is 13.3. The first-order chi connectivity index (χ1) is 20.1. The van der Waals surface area contributed by atoms with Crippen LogP contribution >= 0.6 is 0 Å². The molecule has 41 heavy (non-hydrogen) atoms. The van der Waals surface area contributed by atoms with E-state index in [0.29, 0.717) is 13.1 Å². The normalized spacial score (nSPS) is 10.5. The molecule has 0 saturated carbocycles. The summed E-state index contributed by atoms with van der Waals surface area (Å²) in [5.41, 5.74) is 4.34. The fourth-order valence-corrected chi connectivity index (χ4v) is 4.17. The van der Waals surface area contributed by atoms with Gasteiger partial charge in [0.2, 0.25) is 11.6 Å². The monoisotopic (exact) mass is 540 g/mol. The second-order valence-electron chi connectivity index (χ2n) is 9.06. The number of rotatable bonds is 6. The van der Waals surface area contributed by atoms with E-state index >= 15 is 0 Å².